The van der Waals surface area contributed by atoms with E-state index in [2.05, 4.69) is 31.0 Å². The number of hydrogen-bond acceptors (Lipinski definition) is 3. The molecule has 3 heteroatoms. The number of pyridine rings is 1. The molecule has 0 bridgehead atoms. The van der Waals surface area contributed by atoms with Crippen molar-refractivity contribution >= 4 is 0 Å². The van der Waals surface area contributed by atoms with Crippen molar-refractivity contribution in [3.8, 4) is 11.6 Å². The summed E-state index contributed by atoms with van der Waals surface area (Å²) in [5.41, 5.74) is 8.19. The molecule has 1 atom stereocenters. The van der Waals surface area contributed by atoms with Crippen LogP contribution in [0, 0.1) is 0 Å². The highest BCUT2D eigenvalue weighted by atomic mass is 16.5. The third-order valence-corrected chi connectivity index (χ3v) is 3.15. The molecule has 2 N–H and O–H groups in total. The second-order valence-electron chi connectivity index (χ2n) is 5.47. The fourth-order valence-corrected chi connectivity index (χ4v) is 2.05. The number of rotatable bonds is 5. The summed E-state index contributed by atoms with van der Waals surface area (Å²) >= 11 is 0. The van der Waals surface area contributed by atoms with Gasteiger partial charge in [-0.15, -0.1) is 0 Å². The van der Waals surface area contributed by atoms with Gasteiger partial charge in [-0.1, -0.05) is 32.0 Å². The molecule has 0 saturated heterocycles. The highest BCUT2D eigenvalue weighted by molar-refractivity contribution is 5.35. The number of nitrogens with zero attached hydrogens (tertiary/aromatic N) is 1. The number of ether oxygens (including phenoxy) is 1. The van der Waals surface area contributed by atoms with E-state index in [4.69, 9.17) is 10.5 Å². The zero-order valence-corrected chi connectivity index (χ0v) is 12.3. The molecule has 0 saturated carbocycles. The van der Waals surface area contributed by atoms with Gasteiger partial charge in [0.2, 0.25) is 5.88 Å². The van der Waals surface area contributed by atoms with Crippen molar-refractivity contribution in [3.63, 3.8) is 0 Å². The molecular formula is C17H22N2O. The zero-order chi connectivity index (χ0) is 14.5. The van der Waals surface area contributed by atoms with Crippen molar-refractivity contribution in [1.29, 1.82) is 0 Å². The minimum atomic E-state index is 0.0878. The zero-order valence-electron chi connectivity index (χ0n) is 12.3. The van der Waals surface area contributed by atoms with Crippen LogP contribution in [0.3, 0.4) is 0 Å². The molecule has 0 radical (unpaired) electrons. The predicted octanol–water partition coefficient (Wildman–Crippen LogP) is 3.89. The molecule has 0 amide bonds. The molecule has 1 aromatic carbocycles. The Kier molecular flexibility index (Phi) is 4.74. The predicted molar refractivity (Wildman–Crippen MR) is 82.2 cm³/mol. The van der Waals surface area contributed by atoms with Gasteiger partial charge < -0.3 is 10.5 Å². The molecular weight excluding hydrogens is 248 g/mol. The van der Waals surface area contributed by atoms with Gasteiger partial charge in [0.05, 0.1) is 0 Å². The topological polar surface area (TPSA) is 48.1 Å². The molecule has 0 fully saturated rings. The van der Waals surface area contributed by atoms with Crippen molar-refractivity contribution in [2.24, 2.45) is 5.73 Å². The van der Waals surface area contributed by atoms with Crippen LogP contribution in [-0.2, 0) is 6.42 Å². The van der Waals surface area contributed by atoms with Crippen LogP contribution in [0.2, 0.25) is 0 Å². The van der Waals surface area contributed by atoms with Crippen LogP contribution in [-0.4, -0.2) is 11.0 Å². The summed E-state index contributed by atoms with van der Waals surface area (Å²) in [5, 5.41) is 0. The lowest BCUT2D eigenvalue weighted by Gasteiger charge is -2.12. The van der Waals surface area contributed by atoms with E-state index in [1.807, 2.05) is 31.2 Å². The van der Waals surface area contributed by atoms with E-state index >= 15 is 0 Å². The van der Waals surface area contributed by atoms with Crippen molar-refractivity contribution < 1.29 is 4.74 Å². The Morgan fingerprint density at radius 2 is 1.80 bits per heavy atom. The summed E-state index contributed by atoms with van der Waals surface area (Å²) in [6.45, 7) is 6.33. The van der Waals surface area contributed by atoms with Gasteiger partial charge in [0.15, 0.2) is 0 Å². The summed E-state index contributed by atoms with van der Waals surface area (Å²) in [4.78, 5) is 4.31. The van der Waals surface area contributed by atoms with Gasteiger partial charge in [-0.05, 0) is 43.0 Å². The van der Waals surface area contributed by atoms with Gasteiger partial charge in [-0.3, -0.25) is 0 Å². The number of aromatic nitrogens is 1. The third kappa shape index (κ3) is 3.81. The van der Waals surface area contributed by atoms with E-state index in [9.17, 15) is 0 Å². The molecule has 1 heterocycles. The maximum Gasteiger partial charge on any atom is 0.222 e. The lowest BCUT2D eigenvalue weighted by molar-refractivity contribution is 0.453. The van der Waals surface area contributed by atoms with Gasteiger partial charge >= 0.3 is 0 Å². The lowest BCUT2D eigenvalue weighted by atomic mass is 10.0. The summed E-state index contributed by atoms with van der Waals surface area (Å²) in [6.07, 6.45) is 2.50. The second kappa shape index (κ2) is 6.53. The summed E-state index contributed by atoms with van der Waals surface area (Å²) in [5.74, 6) is 1.97. The first kappa shape index (κ1) is 14.5. The van der Waals surface area contributed by atoms with Crippen LogP contribution < -0.4 is 10.5 Å². The molecule has 1 aromatic heterocycles. The summed E-state index contributed by atoms with van der Waals surface area (Å²) < 4.78 is 5.88. The van der Waals surface area contributed by atoms with Gasteiger partial charge in [0.25, 0.3) is 0 Å². The average molecular weight is 270 g/mol. The number of hydrogen-bond donors (Lipinski definition) is 1. The highest BCUT2D eigenvalue weighted by Crippen LogP contribution is 2.25. The average Bonchev–Trinajstić information content (AvgIpc) is 2.41. The number of nitrogens with two attached hydrogens (primary N) is 1. The van der Waals surface area contributed by atoms with Crippen molar-refractivity contribution in [3.05, 3.63) is 53.7 Å². The first-order valence-electron chi connectivity index (χ1n) is 7.03. The van der Waals surface area contributed by atoms with Gasteiger partial charge in [0, 0.05) is 17.8 Å². The minimum absolute atomic E-state index is 0.0878. The first-order valence-corrected chi connectivity index (χ1v) is 7.03. The smallest absolute Gasteiger partial charge is 0.222 e. The van der Waals surface area contributed by atoms with Crippen LogP contribution in [0.1, 0.15) is 37.8 Å². The maximum absolute atomic E-state index is 5.88. The standard InChI is InChI=1S/C17H22N2O/c1-12(2)14-6-8-16(9-7-14)20-17-15(11-13(3)18)5-4-10-19-17/h4-10,12-13H,11,18H2,1-3H3. The molecule has 0 spiro atoms. The van der Waals surface area contributed by atoms with Crippen LogP contribution in [0.25, 0.3) is 0 Å². The molecule has 106 valence electrons. The minimum Gasteiger partial charge on any atom is -0.439 e. The van der Waals surface area contributed by atoms with Crippen LogP contribution in [0.15, 0.2) is 42.6 Å². The Labute approximate surface area is 120 Å². The lowest BCUT2D eigenvalue weighted by Crippen LogP contribution is -2.18. The van der Waals surface area contributed by atoms with Crippen LogP contribution >= 0.6 is 0 Å². The monoisotopic (exact) mass is 270 g/mol. The van der Waals surface area contributed by atoms with Gasteiger partial charge in [-0.2, -0.15) is 0 Å². The maximum atomic E-state index is 5.88. The second-order valence-corrected chi connectivity index (χ2v) is 5.47. The molecule has 0 aliphatic heterocycles. The van der Waals surface area contributed by atoms with Crippen molar-refractivity contribution in [2.45, 2.75) is 39.2 Å². The fourth-order valence-electron chi connectivity index (χ4n) is 2.05. The van der Waals surface area contributed by atoms with Crippen molar-refractivity contribution in [1.82, 2.24) is 4.98 Å². The highest BCUT2D eigenvalue weighted by Gasteiger charge is 2.08. The Balaban J connectivity index is 2.17. The summed E-state index contributed by atoms with van der Waals surface area (Å²) in [7, 11) is 0. The van der Waals surface area contributed by atoms with E-state index in [0.29, 0.717) is 11.8 Å². The van der Waals surface area contributed by atoms with Gasteiger partial charge in [0.1, 0.15) is 5.75 Å². The first-order chi connectivity index (χ1) is 9.56. The molecule has 2 rings (SSSR count). The third-order valence-electron chi connectivity index (χ3n) is 3.15. The van der Waals surface area contributed by atoms with E-state index < -0.39 is 0 Å². The SMILES string of the molecule is CC(N)Cc1cccnc1Oc1ccc(C(C)C)cc1. The quantitative estimate of drug-likeness (QED) is 0.896. The Morgan fingerprint density at radius 1 is 1.10 bits per heavy atom. The molecule has 3 nitrogen and oxygen atoms in total. The van der Waals surface area contributed by atoms with Crippen LogP contribution in [0.5, 0.6) is 11.6 Å². The van der Waals surface area contributed by atoms with Gasteiger partial charge in [-0.25, -0.2) is 4.98 Å². The van der Waals surface area contributed by atoms with E-state index in [1.165, 1.54) is 5.56 Å². The normalized spacial score (nSPS) is 12.4. The molecule has 20 heavy (non-hydrogen) atoms. The largest absolute Gasteiger partial charge is 0.439 e. The fraction of sp³-hybridized carbons (Fsp3) is 0.353. The Bertz CT molecular complexity index is 547. The molecule has 2 aromatic rings. The van der Waals surface area contributed by atoms with E-state index in [0.717, 1.165) is 17.7 Å². The Hall–Kier alpha value is -1.87. The van der Waals surface area contributed by atoms with Crippen LogP contribution in [0.4, 0.5) is 0 Å². The molecule has 0 aliphatic carbocycles. The Morgan fingerprint density at radius 3 is 2.40 bits per heavy atom. The van der Waals surface area contributed by atoms with E-state index in [1.54, 1.807) is 6.20 Å². The van der Waals surface area contributed by atoms with Crippen molar-refractivity contribution in [2.75, 3.05) is 0 Å². The summed E-state index contributed by atoms with van der Waals surface area (Å²) in [6, 6.07) is 12.2. The molecule has 1 unspecified atom stereocenters. The van der Waals surface area contributed by atoms with E-state index in [-0.39, 0.29) is 6.04 Å². The number of benzene rings is 1. The molecule has 0 aliphatic rings.